The van der Waals surface area contributed by atoms with Crippen LogP contribution in [-0.2, 0) is 0 Å². The quantitative estimate of drug-likeness (QED) is 0.737. The Morgan fingerprint density at radius 2 is 1.44 bits per heavy atom. The maximum Gasteiger partial charge on any atom is 0.161 e. The Balaban J connectivity index is 0.000000771. The van der Waals surface area contributed by atoms with Crippen LogP contribution in [0.5, 0.6) is 0 Å². The summed E-state index contributed by atoms with van der Waals surface area (Å²) in [4.78, 5) is 23.1. The number of fused-ring (bicyclic) bond motifs is 1. The second-order valence-electron chi connectivity index (χ2n) is 3.82. The van der Waals surface area contributed by atoms with Gasteiger partial charge in [0.25, 0.3) is 0 Å². The second-order valence-corrected chi connectivity index (χ2v) is 3.82. The van der Waals surface area contributed by atoms with E-state index in [9.17, 15) is 9.59 Å². The zero-order valence-corrected chi connectivity index (χ0v) is 11.3. The molecule has 0 atom stereocenters. The van der Waals surface area contributed by atoms with E-state index in [4.69, 9.17) is 0 Å². The number of carbonyl (C=O) groups is 2. The van der Waals surface area contributed by atoms with E-state index in [-0.39, 0.29) is 11.6 Å². The van der Waals surface area contributed by atoms with Crippen molar-refractivity contribution in [2.75, 3.05) is 0 Å². The summed E-state index contributed by atoms with van der Waals surface area (Å²) in [7, 11) is 0. The highest BCUT2D eigenvalue weighted by Crippen LogP contribution is 2.23. The van der Waals surface area contributed by atoms with Gasteiger partial charge in [0.05, 0.1) is 0 Å². The van der Waals surface area contributed by atoms with Crippen molar-refractivity contribution in [3.63, 3.8) is 0 Å². The predicted molar refractivity (Wildman–Crippen MR) is 75.3 cm³/mol. The maximum absolute atomic E-state index is 11.6. The van der Waals surface area contributed by atoms with Crippen LogP contribution in [0.2, 0.25) is 0 Å². The first-order valence-electron chi connectivity index (χ1n) is 6.15. The molecule has 0 radical (unpaired) electrons. The van der Waals surface area contributed by atoms with Crippen molar-refractivity contribution in [2.24, 2.45) is 0 Å². The molecule has 2 aromatic rings. The molecule has 0 amide bonds. The van der Waals surface area contributed by atoms with Gasteiger partial charge in [0.15, 0.2) is 11.6 Å². The summed E-state index contributed by atoms with van der Waals surface area (Å²) in [5.41, 5.74) is 1.04. The van der Waals surface area contributed by atoms with Gasteiger partial charge in [-0.15, -0.1) is 0 Å². The summed E-state index contributed by atoms with van der Waals surface area (Å²) in [6.45, 7) is 6.98. The topological polar surface area (TPSA) is 34.1 Å². The molecule has 0 saturated heterocycles. The molecule has 0 saturated carbocycles. The highest BCUT2D eigenvalue weighted by Gasteiger charge is 2.14. The molecule has 0 spiro atoms. The number of hydrogen-bond acceptors (Lipinski definition) is 2. The Morgan fingerprint density at radius 3 is 2.00 bits per heavy atom. The van der Waals surface area contributed by atoms with Crippen LogP contribution in [0.25, 0.3) is 10.8 Å². The minimum absolute atomic E-state index is 0.0676. The number of benzene rings is 2. The van der Waals surface area contributed by atoms with Crippen LogP contribution in [0.3, 0.4) is 0 Å². The van der Waals surface area contributed by atoms with Crippen molar-refractivity contribution in [1.29, 1.82) is 0 Å². The van der Waals surface area contributed by atoms with Gasteiger partial charge in [-0.05, 0) is 24.6 Å². The van der Waals surface area contributed by atoms with Gasteiger partial charge < -0.3 is 0 Å². The minimum Gasteiger partial charge on any atom is -0.294 e. The van der Waals surface area contributed by atoms with Gasteiger partial charge in [-0.2, -0.15) is 0 Å². The van der Waals surface area contributed by atoms with Crippen molar-refractivity contribution in [3.05, 3.63) is 47.5 Å². The third kappa shape index (κ3) is 2.65. The summed E-state index contributed by atoms with van der Waals surface area (Å²) in [5, 5.41) is 1.83. The van der Waals surface area contributed by atoms with Crippen molar-refractivity contribution in [2.45, 2.75) is 27.7 Å². The summed E-state index contributed by atoms with van der Waals surface area (Å²) < 4.78 is 0. The molecule has 2 nitrogen and oxygen atoms in total. The SMILES string of the molecule is CC.CC(=O)c1ccc2ccccc2c1C(C)=O. The van der Waals surface area contributed by atoms with Crippen molar-refractivity contribution in [3.8, 4) is 0 Å². The van der Waals surface area contributed by atoms with Crippen LogP contribution in [0, 0.1) is 0 Å². The Morgan fingerprint density at radius 1 is 0.833 bits per heavy atom. The van der Waals surface area contributed by atoms with Gasteiger partial charge in [0.1, 0.15) is 0 Å². The Hall–Kier alpha value is -1.96. The number of rotatable bonds is 2. The fourth-order valence-electron chi connectivity index (χ4n) is 1.94. The van der Waals surface area contributed by atoms with Crippen LogP contribution >= 0.6 is 0 Å². The van der Waals surface area contributed by atoms with Gasteiger partial charge in [-0.25, -0.2) is 0 Å². The molecule has 94 valence electrons. The van der Waals surface area contributed by atoms with Gasteiger partial charge in [0.2, 0.25) is 0 Å². The van der Waals surface area contributed by atoms with Crippen molar-refractivity contribution < 1.29 is 9.59 Å². The van der Waals surface area contributed by atoms with E-state index in [1.54, 1.807) is 6.07 Å². The third-order valence-corrected chi connectivity index (χ3v) is 2.66. The molecule has 18 heavy (non-hydrogen) atoms. The largest absolute Gasteiger partial charge is 0.294 e. The number of Topliss-reactive ketones (excluding diaryl/α,β-unsaturated/α-hetero) is 2. The lowest BCUT2D eigenvalue weighted by Gasteiger charge is -2.07. The smallest absolute Gasteiger partial charge is 0.161 e. The molecule has 0 heterocycles. The van der Waals surface area contributed by atoms with Gasteiger partial charge in [-0.3, -0.25) is 9.59 Å². The Kier molecular flexibility index (Phi) is 4.78. The van der Waals surface area contributed by atoms with E-state index in [0.717, 1.165) is 10.8 Å². The standard InChI is InChI=1S/C14H12O2.C2H6/c1-9(15)12-8-7-11-5-3-4-6-13(11)14(12)10(2)16;1-2/h3-8H,1-2H3;1-2H3. The van der Waals surface area contributed by atoms with E-state index in [2.05, 4.69) is 0 Å². The molecule has 0 aliphatic carbocycles. The van der Waals surface area contributed by atoms with Crippen molar-refractivity contribution in [1.82, 2.24) is 0 Å². The van der Waals surface area contributed by atoms with Crippen LogP contribution in [-0.4, -0.2) is 11.6 Å². The Bertz CT molecular complexity index is 583. The van der Waals surface area contributed by atoms with Crippen LogP contribution in [0.1, 0.15) is 48.4 Å². The van der Waals surface area contributed by atoms with E-state index in [0.29, 0.717) is 11.1 Å². The van der Waals surface area contributed by atoms with Gasteiger partial charge in [-0.1, -0.05) is 50.2 Å². The van der Waals surface area contributed by atoms with E-state index in [1.165, 1.54) is 13.8 Å². The Labute approximate surface area is 108 Å². The molecule has 2 rings (SSSR count). The summed E-state index contributed by atoms with van der Waals surface area (Å²) in [5.74, 6) is -0.141. The van der Waals surface area contributed by atoms with E-state index < -0.39 is 0 Å². The van der Waals surface area contributed by atoms with E-state index >= 15 is 0 Å². The highest BCUT2D eigenvalue weighted by atomic mass is 16.1. The normalized spacial score (nSPS) is 9.56. The highest BCUT2D eigenvalue weighted by molar-refractivity contribution is 6.15. The molecule has 2 aromatic carbocycles. The first-order chi connectivity index (χ1) is 8.61. The lowest BCUT2D eigenvalue weighted by Crippen LogP contribution is -2.04. The van der Waals surface area contributed by atoms with Crippen LogP contribution in [0.15, 0.2) is 36.4 Å². The fraction of sp³-hybridized carbons (Fsp3) is 0.250. The zero-order valence-electron chi connectivity index (χ0n) is 11.3. The number of carbonyl (C=O) groups excluding carboxylic acids is 2. The lowest BCUT2D eigenvalue weighted by molar-refractivity contribution is 0.0982. The number of hydrogen-bond donors (Lipinski definition) is 0. The zero-order chi connectivity index (χ0) is 13.7. The average molecular weight is 242 g/mol. The monoisotopic (exact) mass is 242 g/mol. The van der Waals surface area contributed by atoms with Crippen LogP contribution < -0.4 is 0 Å². The molecule has 0 unspecified atom stereocenters. The summed E-state index contributed by atoms with van der Waals surface area (Å²) >= 11 is 0. The molecule has 0 aliphatic rings. The molecular weight excluding hydrogens is 224 g/mol. The molecule has 0 N–H and O–H groups in total. The maximum atomic E-state index is 11.6. The fourth-order valence-corrected chi connectivity index (χ4v) is 1.94. The van der Waals surface area contributed by atoms with Crippen LogP contribution in [0.4, 0.5) is 0 Å². The average Bonchev–Trinajstić information content (AvgIpc) is 2.39. The summed E-state index contributed by atoms with van der Waals surface area (Å²) in [6.07, 6.45) is 0. The second kappa shape index (κ2) is 6.10. The molecule has 0 bridgehead atoms. The predicted octanol–water partition coefficient (Wildman–Crippen LogP) is 4.27. The third-order valence-electron chi connectivity index (χ3n) is 2.66. The summed E-state index contributed by atoms with van der Waals surface area (Å²) in [6, 6.07) is 11.2. The lowest BCUT2D eigenvalue weighted by atomic mass is 9.94. The first kappa shape index (κ1) is 14.1. The minimum atomic E-state index is -0.0732. The van der Waals surface area contributed by atoms with Gasteiger partial charge in [0, 0.05) is 11.1 Å². The van der Waals surface area contributed by atoms with E-state index in [1.807, 2.05) is 44.2 Å². The first-order valence-corrected chi connectivity index (χ1v) is 6.15. The molecule has 0 fully saturated rings. The molecular formula is C16H18O2. The van der Waals surface area contributed by atoms with Crippen molar-refractivity contribution >= 4 is 22.3 Å². The molecule has 2 heteroatoms. The molecule has 0 aromatic heterocycles. The number of ketones is 2. The molecule has 0 aliphatic heterocycles. The van der Waals surface area contributed by atoms with Gasteiger partial charge >= 0.3 is 0 Å².